The summed E-state index contributed by atoms with van der Waals surface area (Å²) in [6, 6.07) is 118. The number of para-hydroxylation sites is 2. The predicted molar refractivity (Wildman–Crippen MR) is 418 cm³/mol. The van der Waals surface area contributed by atoms with Crippen LogP contribution in [0.2, 0.25) is 0 Å². The summed E-state index contributed by atoms with van der Waals surface area (Å²) in [5.74, 6) is 3.61. The molecule has 0 amide bonds. The standard InChI is InChI=1S/C90H55N7S3/c1-5-22-55(23-6-1)57-42-44-60(45-43-57)87-91-85(58-26-9-3-10-27-58)94-90(95-87)72-36-21-41-81-83(72)74-53-61(66-33-19-34-70-69-32-15-18-39-77(69)99-84(66)70)46-49-80(74)100(81)65-51-62(56-24-7-2-8-25-56)50-63(52-65)88-92-86(59-28-11-4-12-29-59)93-89(96-88)71-35-20-40-79-82(71)73-54-64(47-48-78(73)98-79)97-75-37-16-13-30-67(75)68-31-14-17-38-76(68)97/h1-54,100H. The van der Waals surface area contributed by atoms with Crippen molar-refractivity contribution in [2.45, 2.75) is 14.7 Å². The maximum Gasteiger partial charge on any atom is 0.164 e. The van der Waals surface area contributed by atoms with Crippen molar-refractivity contribution in [3.05, 3.63) is 328 Å². The van der Waals surface area contributed by atoms with E-state index in [9.17, 15) is 0 Å². The number of benzene rings is 14. The molecule has 0 spiro atoms. The minimum absolute atomic E-state index is 0.587. The maximum absolute atomic E-state index is 5.67. The van der Waals surface area contributed by atoms with E-state index in [4.69, 9.17) is 29.9 Å². The maximum atomic E-state index is 5.67. The van der Waals surface area contributed by atoms with Gasteiger partial charge in [-0.25, -0.2) is 29.9 Å². The second-order valence-corrected chi connectivity index (χ2v) is 29.6. The summed E-state index contributed by atoms with van der Waals surface area (Å²) in [6.45, 7) is 0. The van der Waals surface area contributed by atoms with E-state index in [2.05, 4.69) is 302 Å². The first-order valence-electron chi connectivity index (χ1n) is 33.5. The van der Waals surface area contributed by atoms with Crippen LogP contribution in [0, 0.1) is 0 Å². The molecule has 0 bridgehead atoms. The third-order valence-electron chi connectivity index (χ3n) is 19.4. The van der Waals surface area contributed by atoms with Gasteiger partial charge in [0.2, 0.25) is 0 Å². The van der Waals surface area contributed by atoms with Crippen LogP contribution in [0.25, 0.3) is 181 Å². The van der Waals surface area contributed by atoms with E-state index >= 15 is 0 Å². The zero-order valence-corrected chi connectivity index (χ0v) is 56.1. The summed E-state index contributed by atoms with van der Waals surface area (Å²) >= 11 is 3.66. The van der Waals surface area contributed by atoms with Gasteiger partial charge in [-0.1, -0.05) is 249 Å². The lowest BCUT2D eigenvalue weighted by atomic mass is 9.95. The molecule has 1 atom stereocenters. The van der Waals surface area contributed by atoms with E-state index in [1.54, 1.807) is 11.3 Å². The summed E-state index contributed by atoms with van der Waals surface area (Å²) in [5.41, 5.74) is 18.0. The summed E-state index contributed by atoms with van der Waals surface area (Å²) in [4.78, 5) is 36.5. The molecule has 0 aliphatic carbocycles. The molecule has 0 saturated heterocycles. The molecule has 20 rings (SSSR count). The smallest absolute Gasteiger partial charge is 0.164 e. The van der Waals surface area contributed by atoms with Crippen molar-refractivity contribution in [1.82, 2.24) is 34.5 Å². The van der Waals surface area contributed by atoms with Gasteiger partial charge in [0.1, 0.15) is 0 Å². The number of thiol groups is 1. The number of aromatic nitrogens is 7. The molecular weight excluding hydrogens is 1280 g/mol. The Morgan fingerprint density at radius 3 is 1.40 bits per heavy atom. The van der Waals surface area contributed by atoms with Crippen LogP contribution in [0.1, 0.15) is 0 Å². The van der Waals surface area contributed by atoms with Gasteiger partial charge in [0, 0.05) is 106 Å². The minimum atomic E-state index is -1.27. The normalized spacial score (nSPS) is 13.1. The van der Waals surface area contributed by atoms with Crippen molar-refractivity contribution < 1.29 is 0 Å². The first-order valence-corrected chi connectivity index (χ1v) is 36.5. The van der Waals surface area contributed by atoms with Gasteiger partial charge in [-0.3, -0.25) is 0 Å². The average molecular weight is 1330 g/mol. The van der Waals surface area contributed by atoms with Crippen LogP contribution in [-0.2, 0) is 0 Å². The number of rotatable bonds is 11. The van der Waals surface area contributed by atoms with Crippen molar-refractivity contribution in [3.63, 3.8) is 0 Å². The van der Waals surface area contributed by atoms with Crippen molar-refractivity contribution in [1.29, 1.82) is 0 Å². The Morgan fingerprint density at radius 2 is 0.720 bits per heavy atom. The van der Waals surface area contributed by atoms with Gasteiger partial charge < -0.3 is 4.57 Å². The van der Waals surface area contributed by atoms with E-state index in [0.717, 1.165) is 98.4 Å². The summed E-state index contributed by atoms with van der Waals surface area (Å²) in [7, 11) is -1.27. The Balaban J connectivity index is 0.796. The second kappa shape index (κ2) is 23.8. The monoisotopic (exact) mass is 1330 g/mol. The molecule has 1 unspecified atom stereocenters. The molecule has 1 aliphatic heterocycles. The van der Waals surface area contributed by atoms with Crippen molar-refractivity contribution in [2.75, 3.05) is 0 Å². The molecule has 100 heavy (non-hydrogen) atoms. The van der Waals surface area contributed by atoms with Crippen LogP contribution < -0.4 is 0 Å². The highest BCUT2D eigenvalue weighted by Gasteiger charge is 2.33. The first-order chi connectivity index (χ1) is 49.5. The van der Waals surface area contributed by atoms with Crippen LogP contribution in [0.3, 0.4) is 0 Å². The number of hydrogen-bond acceptors (Lipinski definition) is 8. The van der Waals surface area contributed by atoms with Gasteiger partial charge in [0.05, 0.1) is 11.0 Å². The van der Waals surface area contributed by atoms with E-state index in [1.165, 1.54) is 62.0 Å². The van der Waals surface area contributed by atoms with Gasteiger partial charge in [-0.05, 0) is 123 Å². The SMILES string of the molecule is c1ccc(-c2ccc(-c3nc(-c4ccccc4)nc(-c4cccc5c4-c4cc(-c6cccc7c6sc6ccccc67)ccc4[SH]5c4cc(-c5ccccc5)cc(-c5nc(-c6ccccc6)nc(-c6cccc7sc8ccc(-n9c%10ccccc%10c%10ccccc%109)cc8c67)n5)c4)n3)cc2)cc1. The molecule has 0 fully saturated rings. The van der Waals surface area contributed by atoms with Crippen LogP contribution in [0.5, 0.6) is 0 Å². The molecule has 1 aliphatic rings. The lowest BCUT2D eigenvalue weighted by molar-refractivity contribution is 1.07. The van der Waals surface area contributed by atoms with Crippen molar-refractivity contribution >= 4 is 95.7 Å². The van der Waals surface area contributed by atoms with Crippen molar-refractivity contribution in [2.24, 2.45) is 0 Å². The number of fused-ring (bicyclic) bond motifs is 12. The lowest BCUT2D eigenvalue weighted by Gasteiger charge is -2.22. The molecule has 10 heteroatoms. The molecule has 0 saturated carbocycles. The quantitative estimate of drug-likeness (QED) is 0.130. The van der Waals surface area contributed by atoms with Gasteiger partial charge >= 0.3 is 0 Å². The van der Waals surface area contributed by atoms with E-state index in [1.807, 2.05) is 41.7 Å². The largest absolute Gasteiger partial charge is 0.309 e. The Kier molecular flexibility index (Phi) is 13.8. The van der Waals surface area contributed by atoms with Crippen LogP contribution in [-0.4, -0.2) is 34.5 Å². The highest BCUT2D eigenvalue weighted by molar-refractivity contribution is 8.17. The summed E-state index contributed by atoms with van der Waals surface area (Å²) in [5, 5.41) is 7.25. The highest BCUT2D eigenvalue weighted by Crippen LogP contribution is 2.65. The molecule has 0 radical (unpaired) electrons. The zero-order valence-electron chi connectivity index (χ0n) is 53.6. The van der Waals surface area contributed by atoms with E-state index < -0.39 is 10.9 Å². The number of hydrogen-bond donors (Lipinski definition) is 1. The predicted octanol–water partition coefficient (Wildman–Crippen LogP) is 24.4. The molecule has 7 nitrogen and oxygen atoms in total. The molecule has 0 N–H and O–H groups in total. The fourth-order valence-electron chi connectivity index (χ4n) is 14.8. The van der Waals surface area contributed by atoms with Crippen LogP contribution in [0.4, 0.5) is 0 Å². The van der Waals surface area contributed by atoms with E-state index in [-0.39, 0.29) is 0 Å². The van der Waals surface area contributed by atoms with Gasteiger partial charge in [-0.2, -0.15) is 10.9 Å². The highest BCUT2D eigenvalue weighted by atomic mass is 32.2. The van der Waals surface area contributed by atoms with Crippen molar-refractivity contribution in [3.8, 4) is 119 Å². The van der Waals surface area contributed by atoms with Gasteiger partial charge in [-0.15, -0.1) is 22.7 Å². The lowest BCUT2D eigenvalue weighted by Crippen LogP contribution is -2.01. The topological polar surface area (TPSA) is 82.3 Å². The zero-order chi connectivity index (χ0) is 65.8. The Hall–Kier alpha value is -12.3. The average Bonchev–Trinajstić information content (AvgIpc) is 1.56. The van der Waals surface area contributed by atoms with E-state index in [0.29, 0.717) is 34.9 Å². The molecule has 468 valence electrons. The molecule has 6 heterocycles. The Morgan fingerprint density at radius 1 is 0.250 bits per heavy atom. The fraction of sp³-hybridized carbons (Fsp3) is 0. The van der Waals surface area contributed by atoms with Crippen LogP contribution >= 0.6 is 33.6 Å². The molecule has 19 aromatic rings. The second-order valence-electron chi connectivity index (χ2n) is 25.3. The molecule has 5 aromatic heterocycles. The fourth-order valence-corrected chi connectivity index (χ4v) is 19.9. The third-order valence-corrected chi connectivity index (χ3v) is 24.3. The first kappa shape index (κ1) is 57.9. The Labute approximate surface area is 586 Å². The third kappa shape index (κ3) is 9.78. The molecule has 14 aromatic carbocycles. The minimum Gasteiger partial charge on any atom is -0.309 e. The Bertz CT molecular complexity index is 6410. The number of thiophene rings is 2. The van der Waals surface area contributed by atoms with Crippen LogP contribution in [0.15, 0.2) is 342 Å². The summed E-state index contributed by atoms with van der Waals surface area (Å²) in [6.07, 6.45) is 0. The summed E-state index contributed by atoms with van der Waals surface area (Å²) < 4.78 is 7.29. The van der Waals surface area contributed by atoms with Gasteiger partial charge in [0.15, 0.2) is 34.9 Å². The number of nitrogens with zero attached hydrogens (tertiary/aromatic N) is 7. The van der Waals surface area contributed by atoms with Gasteiger partial charge in [0.25, 0.3) is 0 Å². The molecular formula is C90H55N7S3.